The Hall–Kier alpha value is -2.27. The third-order valence-corrected chi connectivity index (χ3v) is 7.06. The van der Waals surface area contributed by atoms with E-state index in [4.69, 9.17) is 14.2 Å². The first-order valence-corrected chi connectivity index (χ1v) is 11.6. The van der Waals surface area contributed by atoms with E-state index in [1.807, 2.05) is 0 Å². The second kappa shape index (κ2) is 9.47. The van der Waals surface area contributed by atoms with Gasteiger partial charge in [-0.05, 0) is 57.6 Å². The summed E-state index contributed by atoms with van der Waals surface area (Å²) in [7, 11) is 3.87. The van der Waals surface area contributed by atoms with E-state index in [1.54, 1.807) is 7.11 Å². The molecule has 3 atom stereocenters. The molecule has 1 N–H and O–H groups in total. The van der Waals surface area contributed by atoms with Gasteiger partial charge in [-0.1, -0.05) is 23.3 Å². The Morgan fingerprint density at radius 3 is 2.84 bits per heavy atom. The number of allylic oxidation sites excluding steroid dienone is 4. The molecule has 5 nitrogen and oxygen atoms in total. The number of carbonyl (C=O) groups is 1. The van der Waals surface area contributed by atoms with E-state index in [9.17, 15) is 4.79 Å². The summed E-state index contributed by atoms with van der Waals surface area (Å²) in [6.45, 7) is 5.53. The molecule has 1 aliphatic carbocycles. The van der Waals surface area contributed by atoms with Crippen molar-refractivity contribution in [3.8, 4) is 17.2 Å². The maximum absolute atomic E-state index is 13.3. The zero-order valence-corrected chi connectivity index (χ0v) is 19.4. The molecule has 0 amide bonds. The fourth-order valence-electron chi connectivity index (χ4n) is 5.22. The van der Waals surface area contributed by atoms with Crippen molar-refractivity contribution in [2.75, 3.05) is 27.5 Å². The third kappa shape index (κ3) is 4.67. The SMILES string of the molecule is COc1c2c(cc3c1[C@@H](CC(=O)[C@H]1CC=C(CCC=C(C)C)CC1)[NH+](C)CC3)OCO2. The highest BCUT2D eigenvalue weighted by molar-refractivity contribution is 5.82. The summed E-state index contributed by atoms with van der Waals surface area (Å²) < 4.78 is 17.1. The minimum absolute atomic E-state index is 0.101. The number of nitrogens with one attached hydrogen (secondary N) is 1. The van der Waals surface area contributed by atoms with Crippen LogP contribution in [0.1, 0.15) is 69.5 Å². The number of ether oxygens (including phenoxy) is 3. The number of likely N-dealkylation sites (N-methyl/N-ethyl adjacent to an activating group) is 1. The van der Waals surface area contributed by atoms with E-state index in [-0.39, 0.29) is 18.8 Å². The molecule has 2 aliphatic heterocycles. The molecule has 1 aromatic carbocycles. The molecule has 1 unspecified atom stereocenters. The van der Waals surface area contributed by atoms with Crippen molar-refractivity contribution in [2.24, 2.45) is 5.92 Å². The van der Waals surface area contributed by atoms with E-state index in [2.05, 4.69) is 39.1 Å². The molecule has 0 aromatic heterocycles. The zero-order valence-electron chi connectivity index (χ0n) is 19.4. The molecule has 5 heteroatoms. The van der Waals surface area contributed by atoms with Crippen LogP contribution in [0.4, 0.5) is 0 Å². The fourth-order valence-corrected chi connectivity index (χ4v) is 5.22. The monoisotopic (exact) mass is 426 g/mol. The molecule has 0 saturated carbocycles. The van der Waals surface area contributed by atoms with Gasteiger partial charge in [0.15, 0.2) is 11.5 Å². The average Bonchev–Trinajstić information content (AvgIpc) is 3.22. The first-order chi connectivity index (χ1) is 15.0. The predicted octanol–water partition coefficient (Wildman–Crippen LogP) is 3.97. The summed E-state index contributed by atoms with van der Waals surface area (Å²) in [6, 6.07) is 2.19. The number of rotatable bonds is 7. The number of methoxy groups -OCH3 is 1. The van der Waals surface area contributed by atoms with E-state index in [0.29, 0.717) is 18.0 Å². The van der Waals surface area contributed by atoms with Crippen molar-refractivity contribution in [3.05, 3.63) is 40.5 Å². The highest BCUT2D eigenvalue weighted by Gasteiger charge is 2.38. The Balaban J connectivity index is 1.47. The number of Topliss-reactive ketones (excluding diaryl/α,β-unsaturated/α-hetero) is 1. The van der Waals surface area contributed by atoms with Gasteiger partial charge >= 0.3 is 0 Å². The standard InChI is InChI=1S/C26H35NO4/c1-17(2)6-5-7-18-8-10-19(11-9-18)22(28)15-21-24-20(12-13-27(21)3)14-23-25(26(24)29-4)31-16-30-23/h6,8,14,19,21H,5,7,9-13,15-16H2,1-4H3/p+1/t19-,21+/m0/s1. The van der Waals surface area contributed by atoms with E-state index >= 15 is 0 Å². The van der Waals surface area contributed by atoms with E-state index in [1.165, 1.54) is 21.6 Å². The molecule has 31 heavy (non-hydrogen) atoms. The quantitative estimate of drug-likeness (QED) is 0.671. The number of hydrogen-bond donors (Lipinski definition) is 1. The van der Waals surface area contributed by atoms with Crippen LogP contribution >= 0.6 is 0 Å². The van der Waals surface area contributed by atoms with Crippen LogP contribution in [0.2, 0.25) is 0 Å². The second-order valence-corrected chi connectivity index (χ2v) is 9.44. The van der Waals surface area contributed by atoms with Gasteiger partial charge in [0.25, 0.3) is 0 Å². The van der Waals surface area contributed by atoms with Crippen molar-refractivity contribution in [1.29, 1.82) is 0 Å². The van der Waals surface area contributed by atoms with Crippen LogP contribution in [0.5, 0.6) is 17.2 Å². The summed E-state index contributed by atoms with van der Waals surface area (Å²) in [5.41, 5.74) is 5.26. The molecule has 1 aromatic rings. The lowest BCUT2D eigenvalue weighted by atomic mass is 9.81. The minimum Gasteiger partial charge on any atom is -0.492 e. The molecule has 0 radical (unpaired) electrons. The molecule has 3 aliphatic rings. The first-order valence-electron chi connectivity index (χ1n) is 11.6. The Morgan fingerprint density at radius 2 is 2.13 bits per heavy atom. The van der Waals surface area contributed by atoms with Crippen LogP contribution in [0.25, 0.3) is 0 Å². The predicted molar refractivity (Wildman–Crippen MR) is 121 cm³/mol. The molecule has 4 rings (SSSR count). The van der Waals surface area contributed by atoms with Gasteiger partial charge in [0.05, 0.1) is 32.7 Å². The summed E-state index contributed by atoms with van der Waals surface area (Å²) in [4.78, 5) is 14.7. The smallest absolute Gasteiger partial charge is 0.231 e. The lowest BCUT2D eigenvalue weighted by Gasteiger charge is -2.33. The first kappa shape index (κ1) is 21.9. The van der Waals surface area contributed by atoms with Crippen molar-refractivity contribution in [3.63, 3.8) is 0 Å². The Labute approximate surface area is 186 Å². The van der Waals surface area contributed by atoms with Gasteiger partial charge in [-0.15, -0.1) is 0 Å². The van der Waals surface area contributed by atoms with Crippen molar-refractivity contribution >= 4 is 5.78 Å². The van der Waals surface area contributed by atoms with Gasteiger partial charge in [0.1, 0.15) is 11.8 Å². The minimum atomic E-state index is 0.101. The Kier molecular flexibility index (Phi) is 6.71. The maximum atomic E-state index is 13.3. The third-order valence-electron chi connectivity index (χ3n) is 7.06. The summed E-state index contributed by atoms with van der Waals surface area (Å²) in [6.07, 6.45) is 11.3. The molecular weight excluding hydrogens is 390 g/mol. The highest BCUT2D eigenvalue weighted by Crippen LogP contribution is 2.48. The number of carbonyl (C=O) groups excluding carboxylic acids is 1. The molecule has 168 valence electrons. The largest absolute Gasteiger partial charge is 0.492 e. The molecular formula is C26H36NO4+. The van der Waals surface area contributed by atoms with Gasteiger partial charge in [-0.25, -0.2) is 0 Å². The zero-order chi connectivity index (χ0) is 22.0. The van der Waals surface area contributed by atoms with Crippen LogP contribution in [0, 0.1) is 5.92 Å². The second-order valence-electron chi connectivity index (χ2n) is 9.44. The molecule has 0 spiro atoms. The number of benzene rings is 1. The molecule has 0 fully saturated rings. The summed E-state index contributed by atoms with van der Waals surface area (Å²) in [5.74, 6) is 2.74. The number of quaternary nitrogens is 1. The summed E-state index contributed by atoms with van der Waals surface area (Å²) >= 11 is 0. The van der Waals surface area contributed by atoms with Gasteiger partial charge in [-0.3, -0.25) is 4.79 Å². The van der Waals surface area contributed by atoms with E-state index < -0.39 is 0 Å². The lowest BCUT2D eigenvalue weighted by Crippen LogP contribution is -3.10. The van der Waals surface area contributed by atoms with Crippen LogP contribution in [-0.4, -0.2) is 33.3 Å². The Bertz CT molecular complexity index is 897. The van der Waals surface area contributed by atoms with Gasteiger partial charge in [0, 0.05) is 12.3 Å². The Morgan fingerprint density at radius 1 is 1.29 bits per heavy atom. The summed E-state index contributed by atoms with van der Waals surface area (Å²) in [5, 5.41) is 0. The van der Waals surface area contributed by atoms with Crippen LogP contribution in [0.3, 0.4) is 0 Å². The van der Waals surface area contributed by atoms with Crippen LogP contribution in [-0.2, 0) is 11.2 Å². The van der Waals surface area contributed by atoms with Crippen molar-refractivity contribution < 1.29 is 23.9 Å². The van der Waals surface area contributed by atoms with Crippen LogP contribution < -0.4 is 19.1 Å². The highest BCUT2D eigenvalue weighted by atomic mass is 16.7. The van der Waals surface area contributed by atoms with Crippen molar-refractivity contribution in [2.45, 2.75) is 64.8 Å². The van der Waals surface area contributed by atoms with E-state index in [0.717, 1.165) is 62.1 Å². The normalized spacial score (nSPS) is 24.3. The lowest BCUT2D eigenvalue weighted by molar-refractivity contribution is -0.914. The van der Waals surface area contributed by atoms with Crippen molar-refractivity contribution in [1.82, 2.24) is 0 Å². The number of fused-ring (bicyclic) bond motifs is 2. The molecule has 2 heterocycles. The van der Waals surface area contributed by atoms with Gasteiger partial charge < -0.3 is 19.1 Å². The van der Waals surface area contributed by atoms with Crippen LogP contribution in [0.15, 0.2) is 29.4 Å². The van der Waals surface area contributed by atoms with Gasteiger partial charge in [0.2, 0.25) is 12.5 Å². The maximum Gasteiger partial charge on any atom is 0.231 e. The topological polar surface area (TPSA) is 49.2 Å². The molecule has 0 bridgehead atoms. The fraction of sp³-hybridized carbons (Fsp3) is 0.577. The number of ketones is 1. The molecule has 0 saturated heterocycles. The average molecular weight is 427 g/mol. The van der Waals surface area contributed by atoms with Gasteiger partial charge in [-0.2, -0.15) is 0 Å². The number of hydrogen-bond acceptors (Lipinski definition) is 4.